The third kappa shape index (κ3) is 2.31. The van der Waals surface area contributed by atoms with E-state index >= 15 is 0 Å². The molecule has 108 valence electrons. The summed E-state index contributed by atoms with van der Waals surface area (Å²) in [7, 11) is 1.55. The summed E-state index contributed by atoms with van der Waals surface area (Å²) in [6.07, 6.45) is 1.59. The summed E-state index contributed by atoms with van der Waals surface area (Å²) in [6, 6.07) is 9.51. The molecule has 0 aromatic heterocycles. The Morgan fingerprint density at radius 1 is 1.27 bits per heavy atom. The molecule has 3 rings (SSSR count). The number of halogens is 1. The van der Waals surface area contributed by atoms with Gasteiger partial charge in [-0.25, -0.2) is 9.24 Å². The zero-order valence-corrected chi connectivity index (χ0v) is 11.7. The van der Waals surface area contributed by atoms with Crippen molar-refractivity contribution < 1.29 is 13.9 Å². The van der Waals surface area contributed by atoms with Gasteiger partial charge >= 0.3 is 0 Å². The number of hydrogen-bond acceptors (Lipinski definition) is 2. The fourth-order valence-electron chi connectivity index (χ4n) is 2.31. The highest BCUT2D eigenvalue weighted by Crippen LogP contribution is 2.35. The highest BCUT2D eigenvalue weighted by Gasteiger charge is 2.24. The molecule has 2 aromatic rings. The molecule has 4 nitrogen and oxygen atoms in total. The minimum absolute atomic E-state index is 0.0416. The van der Waals surface area contributed by atoms with E-state index in [1.807, 2.05) is 0 Å². The van der Waals surface area contributed by atoms with Gasteiger partial charge in [-0.15, -0.1) is 0 Å². The van der Waals surface area contributed by atoms with Crippen LogP contribution in [0.5, 0.6) is 5.75 Å². The van der Waals surface area contributed by atoms with Crippen LogP contribution in [0.25, 0.3) is 16.5 Å². The SMILES string of the molecule is [C-]#[N+]c1ccc(/C=C2/C(=O)Nc3ccc(OC)cc32)cc1F. The van der Waals surface area contributed by atoms with Crippen molar-refractivity contribution in [2.45, 2.75) is 0 Å². The van der Waals surface area contributed by atoms with Crippen molar-refractivity contribution in [3.8, 4) is 5.75 Å². The summed E-state index contributed by atoms with van der Waals surface area (Å²) in [5.41, 5.74) is 2.31. The molecule has 0 radical (unpaired) electrons. The van der Waals surface area contributed by atoms with E-state index in [1.165, 1.54) is 12.1 Å². The van der Waals surface area contributed by atoms with Crippen LogP contribution < -0.4 is 10.1 Å². The Morgan fingerprint density at radius 3 is 2.77 bits per heavy atom. The van der Waals surface area contributed by atoms with Crippen LogP contribution in [0.4, 0.5) is 15.8 Å². The van der Waals surface area contributed by atoms with E-state index in [-0.39, 0.29) is 11.6 Å². The molecule has 1 N–H and O–H groups in total. The van der Waals surface area contributed by atoms with Crippen molar-refractivity contribution in [3.63, 3.8) is 0 Å². The van der Waals surface area contributed by atoms with Crippen LogP contribution in [-0.2, 0) is 4.79 Å². The van der Waals surface area contributed by atoms with E-state index in [2.05, 4.69) is 10.2 Å². The fourth-order valence-corrected chi connectivity index (χ4v) is 2.31. The van der Waals surface area contributed by atoms with Crippen molar-refractivity contribution >= 4 is 28.9 Å². The number of rotatable bonds is 2. The van der Waals surface area contributed by atoms with Crippen LogP contribution >= 0.6 is 0 Å². The summed E-state index contributed by atoms with van der Waals surface area (Å²) in [5.74, 6) is -0.220. The Labute approximate surface area is 126 Å². The molecule has 1 heterocycles. The van der Waals surface area contributed by atoms with E-state index in [9.17, 15) is 9.18 Å². The second-order valence-electron chi connectivity index (χ2n) is 4.75. The summed E-state index contributed by atoms with van der Waals surface area (Å²) < 4.78 is 18.8. The molecular weight excluding hydrogens is 283 g/mol. The van der Waals surface area contributed by atoms with Gasteiger partial charge < -0.3 is 10.1 Å². The van der Waals surface area contributed by atoms with E-state index in [0.29, 0.717) is 28.1 Å². The van der Waals surface area contributed by atoms with Crippen molar-refractivity contribution in [1.82, 2.24) is 0 Å². The third-order valence-corrected chi connectivity index (χ3v) is 3.41. The topological polar surface area (TPSA) is 42.7 Å². The van der Waals surface area contributed by atoms with Crippen LogP contribution in [0, 0.1) is 12.4 Å². The van der Waals surface area contributed by atoms with Gasteiger partial charge in [0.2, 0.25) is 5.69 Å². The minimum Gasteiger partial charge on any atom is -0.497 e. The third-order valence-electron chi connectivity index (χ3n) is 3.41. The first kappa shape index (κ1) is 13.8. The Hall–Kier alpha value is -3.13. The number of amides is 1. The van der Waals surface area contributed by atoms with Crippen LogP contribution in [0.3, 0.4) is 0 Å². The first-order valence-corrected chi connectivity index (χ1v) is 6.51. The zero-order valence-electron chi connectivity index (χ0n) is 11.7. The van der Waals surface area contributed by atoms with Gasteiger partial charge in [-0.05, 0) is 35.9 Å². The highest BCUT2D eigenvalue weighted by molar-refractivity contribution is 6.35. The predicted octanol–water partition coefficient (Wildman–Crippen LogP) is 3.88. The second-order valence-corrected chi connectivity index (χ2v) is 4.75. The zero-order chi connectivity index (χ0) is 15.7. The molecule has 1 amide bonds. The number of fused-ring (bicyclic) bond motifs is 1. The first-order chi connectivity index (χ1) is 10.6. The number of nitrogens with one attached hydrogen (secondary N) is 1. The van der Waals surface area contributed by atoms with Gasteiger partial charge in [0.15, 0.2) is 0 Å². The highest BCUT2D eigenvalue weighted by atomic mass is 19.1. The molecule has 1 aliphatic heterocycles. The lowest BCUT2D eigenvalue weighted by molar-refractivity contribution is -0.110. The van der Waals surface area contributed by atoms with Crippen LogP contribution in [-0.4, -0.2) is 13.0 Å². The lowest BCUT2D eigenvalue weighted by atomic mass is 10.0. The predicted molar refractivity (Wildman–Crippen MR) is 82.2 cm³/mol. The smallest absolute Gasteiger partial charge is 0.256 e. The molecule has 0 fully saturated rings. The maximum atomic E-state index is 13.7. The van der Waals surface area contributed by atoms with Crippen molar-refractivity contribution in [2.24, 2.45) is 0 Å². The second kappa shape index (κ2) is 5.34. The first-order valence-electron chi connectivity index (χ1n) is 6.51. The summed E-state index contributed by atoms with van der Waals surface area (Å²) >= 11 is 0. The van der Waals surface area contributed by atoms with Gasteiger partial charge in [0.1, 0.15) is 11.6 Å². The maximum absolute atomic E-state index is 13.7. The van der Waals surface area contributed by atoms with Crippen LogP contribution in [0.2, 0.25) is 0 Å². The molecule has 0 bridgehead atoms. The average molecular weight is 294 g/mol. The van der Waals surface area contributed by atoms with Gasteiger partial charge in [-0.3, -0.25) is 4.79 Å². The fraction of sp³-hybridized carbons (Fsp3) is 0.0588. The number of methoxy groups -OCH3 is 1. The largest absolute Gasteiger partial charge is 0.497 e. The number of hydrogen-bond donors (Lipinski definition) is 1. The van der Waals surface area contributed by atoms with Gasteiger partial charge in [0, 0.05) is 16.8 Å². The van der Waals surface area contributed by atoms with Gasteiger partial charge in [-0.1, -0.05) is 12.1 Å². The molecule has 0 unspecified atom stereocenters. The van der Waals surface area contributed by atoms with Crippen molar-refractivity contribution in [3.05, 3.63) is 64.8 Å². The quantitative estimate of drug-likeness (QED) is 0.674. The molecule has 1 aliphatic rings. The Kier molecular flexibility index (Phi) is 3.36. The molecule has 0 spiro atoms. The molecule has 0 aliphatic carbocycles. The Balaban J connectivity index is 2.07. The monoisotopic (exact) mass is 294 g/mol. The molecular formula is C17H11FN2O2. The molecule has 2 aromatic carbocycles. The van der Waals surface area contributed by atoms with Crippen molar-refractivity contribution in [1.29, 1.82) is 0 Å². The number of ether oxygens (including phenoxy) is 1. The van der Waals surface area contributed by atoms with Crippen LogP contribution in [0.1, 0.15) is 11.1 Å². The summed E-state index contributed by atoms with van der Waals surface area (Å²) in [4.78, 5) is 15.2. The number of carbonyl (C=O) groups is 1. The molecule has 5 heteroatoms. The van der Waals surface area contributed by atoms with E-state index in [0.717, 1.165) is 0 Å². The Morgan fingerprint density at radius 2 is 2.09 bits per heavy atom. The molecule has 22 heavy (non-hydrogen) atoms. The summed E-state index contributed by atoms with van der Waals surface area (Å²) in [5, 5.41) is 2.75. The van der Waals surface area contributed by atoms with E-state index < -0.39 is 5.82 Å². The average Bonchev–Trinajstić information content (AvgIpc) is 2.83. The normalized spacial score (nSPS) is 14.4. The van der Waals surface area contributed by atoms with E-state index in [1.54, 1.807) is 37.5 Å². The lowest BCUT2D eigenvalue weighted by Crippen LogP contribution is -2.03. The maximum Gasteiger partial charge on any atom is 0.256 e. The lowest BCUT2D eigenvalue weighted by Gasteiger charge is -2.03. The molecule has 0 saturated heterocycles. The van der Waals surface area contributed by atoms with Gasteiger partial charge in [0.25, 0.3) is 5.91 Å². The minimum atomic E-state index is -0.603. The molecule has 0 atom stereocenters. The molecule has 0 saturated carbocycles. The standard InChI is InChI=1S/C17H11FN2O2/c1-19-16-5-3-10(8-14(16)18)7-13-12-9-11(22-2)4-6-15(12)20-17(13)21/h3-9H,2H3,(H,20,21)/b13-7+. The number of anilines is 1. The van der Waals surface area contributed by atoms with Gasteiger partial charge in [0.05, 0.1) is 13.7 Å². The Bertz CT molecular complexity index is 850. The van der Waals surface area contributed by atoms with E-state index in [4.69, 9.17) is 11.3 Å². The number of nitrogens with zero attached hydrogens (tertiary/aromatic N) is 1. The van der Waals surface area contributed by atoms with Crippen LogP contribution in [0.15, 0.2) is 36.4 Å². The van der Waals surface area contributed by atoms with Gasteiger partial charge in [-0.2, -0.15) is 0 Å². The summed E-state index contributed by atoms with van der Waals surface area (Å²) in [6.45, 7) is 6.84. The number of benzene rings is 2. The van der Waals surface area contributed by atoms with Crippen molar-refractivity contribution in [2.75, 3.05) is 12.4 Å². The number of carbonyl (C=O) groups excluding carboxylic acids is 1.